The van der Waals surface area contributed by atoms with Crippen LogP contribution < -0.4 is 0 Å². The second kappa shape index (κ2) is 4.33. The van der Waals surface area contributed by atoms with Gasteiger partial charge in [0.25, 0.3) is 11.8 Å². The van der Waals surface area contributed by atoms with Crippen LogP contribution in [0.15, 0.2) is 54.6 Å². The zero-order valence-electron chi connectivity index (χ0n) is 9.98. The van der Waals surface area contributed by atoms with Crippen molar-refractivity contribution >= 4 is 11.8 Å². The van der Waals surface area contributed by atoms with E-state index in [9.17, 15) is 14.7 Å². The minimum atomic E-state index is -1.21. The summed E-state index contributed by atoms with van der Waals surface area (Å²) in [4.78, 5) is 25.3. The fraction of sp³-hybridized carbons (Fsp3) is 0.0667. The molecule has 4 heteroatoms. The van der Waals surface area contributed by atoms with Crippen LogP contribution in [-0.4, -0.2) is 21.8 Å². The summed E-state index contributed by atoms with van der Waals surface area (Å²) in [6.45, 7) is 0. The first-order valence-corrected chi connectivity index (χ1v) is 5.90. The first kappa shape index (κ1) is 11.6. The van der Waals surface area contributed by atoms with Crippen LogP contribution >= 0.6 is 0 Å². The van der Waals surface area contributed by atoms with E-state index < -0.39 is 18.0 Å². The number of nitrogens with zero attached hydrogens (tertiary/aromatic N) is 1. The van der Waals surface area contributed by atoms with Gasteiger partial charge in [0.2, 0.25) is 0 Å². The SMILES string of the molecule is O=C(c1ccccc1)N1C(=O)c2ccccc2[C@@H]1O. The first-order valence-electron chi connectivity index (χ1n) is 5.90. The molecule has 19 heavy (non-hydrogen) atoms. The van der Waals surface area contributed by atoms with Gasteiger partial charge in [0.15, 0.2) is 6.23 Å². The number of aliphatic hydroxyl groups is 1. The number of amides is 2. The lowest BCUT2D eigenvalue weighted by molar-refractivity contribution is 0.0176. The molecule has 0 unspecified atom stereocenters. The first-order chi connectivity index (χ1) is 9.20. The van der Waals surface area contributed by atoms with Crippen LogP contribution in [0.4, 0.5) is 0 Å². The molecule has 0 spiro atoms. The lowest BCUT2D eigenvalue weighted by Gasteiger charge is -2.18. The molecule has 1 N–H and O–H groups in total. The quantitative estimate of drug-likeness (QED) is 0.790. The number of aliphatic hydroxyl groups excluding tert-OH is 1. The third-order valence-electron chi connectivity index (χ3n) is 3.17. The van der Waals surface area contributed by atoms with Gasteiger partial charge in [-0.25, -0.2) is 4.90 Å². The molecule has 2 aromatic carbocycles. The molecule has 0 fully saturated rings. The second-order valence-electron chi connectivity index (χ2n) is 4.31. The average molecular weight is 253 g/mol. The maximum absolute atomic E-state index is 12.3. The normalized spacial score (nSPS) is 17.4. The van der Waals surface area contributed by atoms with Crippen LogP contribution in [0.25, 0.3) is 0 Å². The minimum absolute atomic E-state index is 0.374. The smallest absolute Gasteiger partial charge is 0.263 e. The van der Waals surface area contributed by atoms with E-state index in [0.717, 1.165) is 4.90 Å². The Kier molecular flexibility index (Phi) is 2.65. The fourth-order valence-corrected chi connectivity index (χ4v) is 2.22. The zero-order chi connectivity index (χ0) is 13.4. The lowest BCUT2D eigenvalue weighted by atomic mass is 10.1. The highest BCUT2D eigenvalue weighted by Gasteiger charge is 2.39. The summed E-state index contributed by atoms with van der Waals surface area (Å²) < 4.78 is 0. The molecule has 0 saturated carbocycles. The van der Waals surface area contributed by atoms with Crippen LogP contribution in [0.3, 0.4) is 0 Å². The highest BCUT2D eigenvalue weighted by molar-refractivity contribution is 6.13. The monoisotopic (exact) mass is 253 g/mol. The summed E-state index contributed by atoms with van der Waals surface area (Å²) in [7, 11) is 0. The molecule has 94 valence electrons. The van der Waals surface area contributed by atoms with E-state index in [1.165, 1.54) is 0 Å². The maximum atomic E-state index is 12.3. The van der Waals surface area contributed by atoms with Gasteiger partial charge in [0.1, 0.15) is 0 Å². The van der Waals surface area contributed by atoms with Gasteiger partial charge in [-0.2, -0.15) is 0 Å². The number of carbonyl (C=O) groups excluding carboxylic acids is 2. The third-order valence-corrected chi connectivity index (χ3v) is 3.17. The summed E-state index contributed by atoms with van der Waals surface area (Å²) in [5.41, 5.74) is 1.22. The average Bonchev–Trinajstić information content (AvgIpc) is 2.72. The van der Waals surface area contributed by atoms with Gasteiger partial charge in [-0.3, -0.25) is 9.59 Å². The van der Waals surface area contributed by atoms with Gasteiger partial charge in [-0.1, -0.05) is 36.4 Å². The van der Waals surface area contributed by atoms with Crippen LogP contribution in [0, 0.1) is 0 Å². The molecule has 4 nitrogen and oxygen atoms in total. The summed E-state index contributed by atoms with van der Waals surface area (Å²) in [5, 5.41) is 10.1. The molecular weight excluding hydrogens is 242 g/mol. The standard InChI is InChI=1S/C15H11NO3/c17-13(10-6-2-1-3-7-10)16-14(18)11-8-4-5-9-12(11)15(16)19/h1-9,14,18H/t14-/m0/s1. The largest absolute Gasteiger partial charge is 0.369 e. The Bertz CT molecular complexity index is 651. The molecule has 1 aliphatic heterocycles. The minimum Gasteiger partial charge on any atom is -0.369 e. The highest BCUT2D eigenvalue weighted by Crippen LogP contribution is 2.32. The van der Waals surface area contributed by atoms with Gasteiger partial charge in [-0.05, 0) is 18.2 Å². The molecular formula is C15H11NO3. The van der Waals surface area contributed by atoms with E-state index >= 15 is 0 Å². The Hall–Kier alpha value is -2.46. The van der Waals surface area contributed by atoms with E-state index in [2.05, 4.69) is 0 Å². The van der Waals surface area contributed by atoms with Crippen LogP contribution in [0.5, 0.6) is 0 Å². The van der Waals surface area contributed by atoms with Crippen molar-refractivity contribution in [2.24, 2.45) is 0 Å². The molecule has 0 saturated heterocycles. The van der Waals surface area contributed by atoms with Gasteiger partial charge in [0.05, 0.1) is 0 Å². The van der Waals surface area contributed by atoms with Gasteiger partial charge >= 0.3 is 0 Å². The number of rotatable bonds is 1. The second-order valence-corrected chi connectivity index (χ2v) is 4.31. The Morgan fingerprint density at radius 1 is 1.00 bits per heavy atom. The molecule has 0 aliphatic carbocycles. The van der Waals surface area contributed by atoms with Crippen LogP contribution in [0.1, 0.15) is 32.5 Å². The van der Waals surface area contributed by atoms with Crippen molar-refractivity contribution in [3.63, 3.8) is 0 Å². The molecule has 0 aromatic heterocycles. The molecule has 3 rings (SSSR count). The van der Waals surface area contributed by atoms with E-state index in [1.54, 1.807) is 54.6 Å². The van der Waals surface area contributed by atoms with Crippen molar-refractivity contribution in [3.05, 3.63) is 71.3 Å². The number of hydrogen-bond acceptors (Lipinski definition) is 3. The van der Waals surface area contributed by atoms with Crippen LogP contribution in [0.2, 0.25) is 0 Å². The van der Waals surface area contributed by atoms with E-state index in [0.29, 0.717) is 16.7 Å². The number of carbonyl (C=O) groups is 2. The molecule has 2 aromatic rings. The predicted molar refractivity (Wildman–Crippen MR) is 68.3 cm³/mol. The zero-order valence-corrected chi connectivity index (χ0v) is 9.98. The van der Waals surface area contributed by atoms with E-state index in [4.69, 9.17) is 0 Å². The van der Waals surface area contributed by atoms with Gasteiger partial charge < -0.3 is 5.11 Å². The van der Waals surface area contributed by atoms with Crippen molar-refractivity contribution in [2.45, 2.75) is 6.23 Å². The van der Waals surface area contributed by atoms with Crippen molar-refractivity contribution < 1.29 is 14.7 Å². The summed E-state index contributed by atoms with van der Waals surface area (Å²) in [5.74, 6) is -0.953. The Balaban J connectivity index is 2.01. The third kappa shape index (κ3) is 1.73. The molecule has 1 atom stereocenters. The molecule has 0 radical (unpaired) electrons. The lowest BCUT2D eigenvalue weighted by Crippen LogP contribution is -2.34. The van der Waals surface area contributed by atoms with Crippen LogP contribution in [-0.2, 0) is 0 Å². The molecule has 1 aliphatic rings. The Morgan fingerprint density at radius 2 is 1.63 bits per heavy atom. The molecule has 0 bridgehead atoms. The maximum Gasteiger partial charge on any atom is 0.263 e. The van der Waals surface area contributed by atoms with E-state index in [1.807, 2.05) is 0 Å². The highest BCUT2D eigenvalue weighted by atomic mass is 16.3. The fourth-order valence-electron chi connectivity index (χ4n) is 2.22. The molecule has 1 heterocycles. The number of hydrogen-bond donors (Lipinski definition) is 1. The number of fused-ring (bicyclic) bond motifs is 1. The topological polar surface area (TPSA) is 57.6 Å². The van der Waals surface area contributed by atoms with Crippen molar-refractivity contribution in [3.8, 4) is 0 Å². The molecule has 2 amide bonds. The summed E-state index contributed by atoms with van der Waals surface area (Å²) in [6, 6.07) is 15.1. The van der Waals surface area contributed by atoms with E-state index in [-0.39, 0.29) is 0 Å². The summed E-state index contributed by atoms with van der Waals surface area (Å²) in [6.07, 6.45) is -1.21. The Morgan fingerprint density at radius 3 is 2.32 bits per heavy atom. The Labute approximate surface area is 109 Å². The predicted octanol–water partition coefficient (Wildman–Crippen LogP) is 1.97. The van der Waals surface area contributed by atoms with Gasteiger partial charge in [-0.15, -0.1) is 0 Å². The van der Waals surface area contributed by atoms with Crippen molar-refractivity contribution in [2.75, 3.05) is 0 Å². The number of benzene rings is 2. The number of imide groups is 1. The van der Waals surface area contributed by atoms with Crippen molar-refractivity contribution in [1.82, 2.24) is 4.90 Å². The summed E-state index contributed by atoms with van der Waals surface area (Å²) >= 11 is 0. The van der Waals surface area contributed by atoms with Gasteiger partial charge in [0, 0.05) is 16.7 Å². The van der Waals surface area contributed by atoms with Crippen molar-refractivity contribution in [1.29, 1.82) is 0 Å².